The molecule has 3 heterocycles. The number of hydrogen-bond acceptors (Lipinski definition) is 6. The van der Waals surface area contributed by atoms with Crippen molar-refractivity contribution in [2.45, 2.75) is 51.7 Å². The monoisotopic (exact) mass is 392 g/mol. The number of nitrogens with two attached hydrogens (primary N) is 1. The minimum atomic E-state index is -0.122. The van der Waals surface area contributed by atoms with E-state index in [0.29, 0.717) is 17.2 Å². The van der Waals surface area contributed by atoms with Crippen LogP contribution in [0.15, 0.2) is 24.4 Å². The first kappa shape index (κ1) is 18.5. The molecule has 1 aliphatic heterocycles. The zero-order valence-electron chi connectivity index (χ0n) is 16.9. The number of piperidine rings is 1. The van der Waals surface area contributed by atoms with Crippen LogP contribution in [0, 0.1) is 12.3 Å². The van der Waals surface area contributed by atoms with Gasteiger partial charge in [-0.3, -0.25) is 5.10 Å². The Morgan fingerprint density at radius 1 is 1.24 bits per heavy atom. The van der Waals surface area contributed by atoms with Crippen molar-refractivity contribution < 1.29 is 5.11 Å². The molecule has 0 amide bonds. The highest BCUT2D eigenvalue weighted by atomic mass is 16.3. The van der Waals surface area contributed by atoms with Gasteiger partial charge in [-0.2, -0.15) is 5.10 Å². The van der Waals surface area contributed by atoms with Crippen LogP contribution in [-0.2, 0) is 6.61 Å². The Kier molecular flexibility index (Phi) is 4.52. The average Bonchev–Trinajstić information content (AvgIpc) is 3.35. The molecule has 2 aromatic heterocycles. The van der Waals surface area contributed by atoms with E-state index in [1.807, 2.05) is 25.1 Å². The standard InChI is InChI=1S/C22H28N6O/c1-14-20(15-4-5-16-12-24-27-17(16)11-15)26-18(13-29)21(25-14)28-9-7-22(8-10-28)6-2-3-19(22)23/h4-5,11-12,19,29H,2-3,6-10,13,23H2,1H3,(H,24,27)/t19-/m1/s1. The van der Waals surface area contributed by atoms with E-state index in [4.69, 9.17) is 15.7 Å². The molecule has 1 spiro atoms. The minimum absolute atomic E-state index is 0.122. The molecule has 1 saturated heterocycles. The quantitative estimate of drug-likeness (QED) is 0.633. The maximum atomic E-state index is 10.0. The largest absolute Gasteiger partial charge is 0.390 e. The fraction of sp³-hybridized carbons (Fsp3) is 0.500. The second-order valence-electron chi connectivity index (χ2n) is 8.61. The fourth-order valence-electron chi connectivity index (χ4n) is 5.21. The number of hydrogen-bond donors (Lipinski definition) is 3. The first-order valence-corrected chi connectivity index (χ1v) is 10.5. The van der Waals surface area contributed by atoms with Crippen LogP contribution < -0.4 is 10.6 Å². The van der Waals surface area contributed by atoms with Crippen LogP contribution in [0.1, 0.15) is 43.5 Å². The van der Waals surface area contributed by atoms with Gasteiger partial charge in [-0.25, -0.2) is 9.97 Å². The lowest BCUT2D eigenvalue weighted by Gasteiger charge is -2.42. The van der Waals surface area contributed by atoms with Crippen molar-refractivity contribution in [2.75, 3.05) is 18.0 Å². The molecular formula is C22H28N6O. The molecule has 0 radical (unpaired) electrons. The first-order valence-electron chi connectivity index (χ1n) is 10.5. The maximum absolute atomic E-state index is 10.0. The highest BCUT2D eigenvalue weighted by Gasteiger charge is 2.43. The Bertz CT molecular complexity index is 1040. The molecule has 0 bridgehead atoms. The van der Waals surface area contributed by atoms with Crippen molar-refractivity contribution in [1.29, 1.82) is 0 Å². The lowest BCUT2D eigenvalue weighted by molar-refractivity contribution is 0.196. The van der Waals surface area contributed by atoms with Crippen molar-refractivity contribution >= 4 is 16.7 Å². The number of nitrogens with zero attached hydrogens (tertiary/aromatic N) is 4. The molecule has 1 aliphatic carbocycles. The van der Waals surface area contributed by atoms with Crippen LogP contribution in [0.25, 0.3) is 22.2 Å². The number of anilines is 1. The Morgan fingerprint density at radius 3 is 2.79 bits per heavy atom. The summed E-state index contributed by atoms with van der Waals surface area (Å²) in [6, 6.07) is 6.42. The molecule has 3 aromatic rings. The lowest BCUT2D eigenvalue weighted by atomic mass is 9.74. The normalized spacial score (nSPS) is 21.3. The predicted molar refractivity (Wildman–Crippen MR) is 113 cm³/mol. The molecule has 7 nitrogen and oxygen atoms in total. The third-order valence-electron chi connectivity index (χ3n) is 7.02. The number of aromatic amines is 1. The molecule has 29 heavy (non-hydrogen) atoms. The number of nitrogens with one attached hydrogen (secondary N) is 1. The van der Waals surface area contributed by atoms with Gasteiger partial charge in [0, 0.05) is 30.1 Å². The number of benzene rings is 1. The third-order valence-corrected chi connectivity index (χ3v) is 7.02. The Labute approximate surface area is 170 Å². The van der Waals surface area contributed by atoms with Crippen molar-refractivity contribution in [3.63, 3.8) is 0 Å². The molecule has 1 atom stereocenters. The topological polar surface area (TPSA) is 104 Å². The van der Waals surface area contributed by atoms with Gasteiger partial charge in [-0.15, -0.1) is 0 Å². The summed E-state index contributed by atoms with van der Waals surface area (Å²) >= 11 is 0. The lowest BCUT2D eigenvalue weighted by Crippen LogP contribution is -2.47. The van der Waals surface area contributed by atoms with Gasteiger partial charge in [0.15, 0.2) is 5.82 Å². The van der Waals surface area contributed by atoms with E-state index in [0.717, 1.165) is 66.0 Å². The van der Waals surface area contributed by atoms with Gasteiger partial charge in [-0.05, 0) is 44.1 Å². The summed E-state index contributed by atoms with van der Waals surface area (Å²) in [5, 5.41) is 18.2. The number of aliphatic hydroxyl groups is 1. The summed E-state index contributed by atoms with van der Waals surface area (Å²) in [5.41, 5.74) is 11.0. The Morgan fingerprint density at radius 2 is 2.07 bits per heavy atom. The van der Waals surface area contributed by atoms with E-state index >= 15 is 0 Å². The van der Waals surface area contributed by atoms with Gasteiger partial charge in [0.05, 0.1) is 29.7 Å². The molecule has 0 unspecified atom stereocenters. The highest BCUT2D eigenvalue weighted by molar-refractivity contribution is 5.83. The number of H-pyrrole nitrogens is 1. The molecule has 4 N–H and O–H groups in total. The number of aryl methyl sites for hydroxylation is 1. The summed E-state index contributed by atoms with van der Waals surface area (Å²) < 4.78 is 0. The molecule has 5 rings (SSSR count). The number of aliphatic hydroxyl groups excluding tert-OH is 1. The summed E-state index contributed by atoms with van der Waals surface area (Å²) in [5.74, 6) is 0.817. The molecular weight excluding hydrogens is 364 g/mol. The van der Waals surface area contributed by atoms with Gasteiger partial charge in [0.1, 0.15) is 5.69 Å². The molecule has 2 aliphatic rings. The van der Waals surface area contributed by atoms with Crippen LogP contribution in [0.2, 0.25) is 0 Å². The van der Waals surface area contributed by atoms with E-state index in [1.165, 1.54) is 12.8 Å². The first-order chi connectivity index (χ1) is 14.1. The smallest absolute Gasteiger partial charge is 0.153 e. The summed E-state index contributed by atoms with van der Waals surface area (Å²) in [4.78, 5) is 12.0. The Hall–Kier alpha value is -2.51. The van der Waals surface area contributed by atoms with Crippen LogP contribution in [0.4, 0.5) is 5.82 Å². The van der Waals surface area contributed by atoms with Gasteiger partial charge in [0.25, 0.3) is 0 Å². The van der Waals surface area contributed by atoms with Crippen molar-refractivity contribution in [3.05, 3.63) is 35.8 Å². The summed E-state index contributed by atoms with van der Waals surface area (Å²) in [6.07, 6.45) is 7.64. The zero-order chi connectivity index (χ0) is 20.0. The molecule has 1 aromatic carbocycles. The van der Waals surface area contributed by atoms with Crippen molar-refractivity contribution in [2.24, 2.45) is 11.1 Å². The SMILES string of the molecule is Cc1nc(N2CCC3(CCC[C@H]3N)CC2)c(CO)nc1-c1ccc2cn[nH]c2c1. The fourth-order valence-corrected chi connectivity index (χ4v) is 5.21. The van der Waals surface area contributed by atoms with Crippen LogP contribution >= 0.6 is 0 Å². The van der Waals surface area contributed by atoms with Crippen molar-refractivity contribution in [3.8, 4) is 11.3 Å². The van der Waals surface area contributed by atoms with Crippen LogP contribution in [0.5, 0.6) is 0 Å². The molecule has 7 heteroatoms. The van der Waals surface area contributed by atoms with E-state index in [9.17, 15) is 5.11 Å². The predicted octanol–water partition coefficient (Wildman–Crippen LogP) is 2.92. The van der Waals surface area contributed by atoms with Crippen LogP contribution in [-0.4, -0.2) is 44.4 Å². The summed E-state index contributed by atoms with van der Waals surface area (Å²) in [7, 11) is 0. The van der Waals surface area contributed by atoms with Gasteiger partial charge in [0.2, 0.25) is 0 Å². The number of aromatic nitrogens is 4. The molecule has 152 valence electrons. The number of rotatable bonds is 3. The highest BCUT2D eigenvalue weighted by Crippen LogP contribution is 2.46. The van der Waals surface area contributed by atoms with Gasteiger partial charge < -0.3 is 15.7 Å². The average molecular weight is 393 g/mol. The molecule has 2 fully saturated rings. The van der Waals surface area contributed by atoms with E-state index in [1.54, 1.807) is 6.20 Å². The third kappa shape index (κ3) is 3.09. The molecule has 1 saturated carbocycles. The minimum Gasteiger partial charge on any atom is -0.390 e. The van der Waals surface area contributed by atoms with E-state index < -0.39 is 0 Å². The number of fused-ring (bicyclic) bond motifs is 1. The van der Waals surface area contributed by atoms with Crippen molar-refractivity contribution in [1.82, 2.24) is 20.2 Å². The van der Waals surface area contributed by atoms with E-state index in [2.05, 4.69) is 15.1 Å². The Balaban J connectivity index is 1.45. The second-order valence-corrected chi connectivity index (χ2v) is 8.61. The summed E-state index contributed by atoms with van der Waals surface area (Å²) in [6.45, 7) is 3.72. The van der Waals surface area contributed by atoms with Gasteiger partial charge >= 0.3 is 0 Å². The van der Waals surface area contributed by atoms with Crippen LogP contribution in [0.3, 0.4) is 0 Å². The van der Waals surface area contributed by atoms with E-state index in [-0.39, 0.29) is 6.61 Å². The van der Waals surface area contributed by atoms with Gasteiger partial charge in [-0.1, -0.05) is 18.6 Å². The second kappa shape index (κ2) is 7.07. The zero-order valence-corrected chi connectivity index (χ0v) is 16.9. The maximum Gasteiger partial charge on any atom is 0.153 e.